The minimum Gasteiger partial charge on any atom is -0.481 e. The Morgan fingerprint density at radius 2 is 2.29 bits per heavy atom. The molecule has 0 unspecified atom stereocenters. The Morgan fingerprint density at radius 3 is 2.95 bits per heavy atom. The van der Waals surface area contributed by atoms with E-state index in [9.17, 15) is 9.90 Å². The molecule has 0 amide bonds. The number of carboxylic acids is 1. The van der Waals surface area contributed by atoms with Crippen molar-refractivity contribution in [2.45, 2.75) is 25.8 Å². The zero-order valence-electron chi connectivity index (χ0n) is 11.5. The summed E-state index contributed by atoms with van der Waals surface area (Å²) in [5, 5.41) is 23.6. The van der Waals surface area contributed by atoms with Crippen molar-refractivity contribution in [1.82, 2.24) is 9.78 Å². The molecule has 1 aromatic heterocycles. The number of nitrogens with zero attached hydrogens (tertiary/aromatic N) is 3. The minimum absolute atomic E-state index is 0.403. The number of nitriles is 1. The molecular formula is C16H15N3O2. The van der Waals surface area contributed by atoms with Crippen LogP contribution in [0.25, 0.3) is 10.9 Å². The quantitative estimate of drug-likeness (QED) is 0.937. The summed E-state index contributed by atoms with van der Waals surface area (Å²) in [5.41, 5.74) is 1.20. The fourth-order valence-corrected chi connectivity index (χ4v) is 4.11. The summed E-state index contributed by atoms with van der Waals surface area (Å²) >= 11 is 0. The Hall–Kier alpha value is -2.35. The number of rotatable bonds is 3. The molecule has 3 saturated carbocycles. The van der Waals surface area contributed by atoms with Crippen LogP contribution in [0.15, 0.2) is 24.4 Å². The summed E-state index contributed by atoms with van der Waals surface area (Å²) < 4.78 is 1.96. The standard InChI is InChI=1S/C16H15N3O2/c17-7-10-1-2-14-11(3-10)8-18-19(14)9-13-6-16(15(20)21)4-12(13)5-16/h1-3,8,12-13H,4-6,9H2,(H,20,21)/t12?,13-,16?/m0/s1. The van der Waals surface area contributed by atoms with E-state index < -0.39 is 11.4 Å². The Kier molecular flexibility index (Phi) is 2.41. The molecule has 1 heterocycles. The molecule has 3 aliphatic carbocycles. The molecule has 3 fully saturated rings. The fourth-order valence-electron chi connectivity index (χ4n) is 4.11. The van der Waals surface area contributed by atoms with Crippen LogP contribution in [0, 0.1) is 28.6 Å². The Balaban J connectivity index is 1.59. The molecule has 5 rings (SSSR count). The summed E-state index contributed by atoms with van der Waals surface area (Å²) in [5.74, 6) is 0.295. The van der Waals surface area contributed by atoms with Crippen molar-refractivity contribution >= 4 is 16.9 Å². The summed E-state index contributed by atoms with van der Waals surface area (Å²) in [6, 6.07) is 7.69. The van der Waals surface area contributed by atoms with Crippen molar-refractivity contribution in [3.8, 4) is 6.07 Å². The number of carbonyl (C=O) groups is 1. The second-order valence-corrected chi connectivity index (χ2v) is 6.43. The van der Waals surface area contributed by atoms with Crippen molar-refractivity contribution < 1.29 is 9.90 Å². The lowest BCUT2D eigenvalue weighted by molar-refractivity contribution is -0.153. The van der Waals surface area contributed by atoms with Crippen LogP contribution in [-0.2, 0) is 11.3 Å². The topological polar surface area (TPSA) is 78.9 Å². The normalized spacial score (nSPS) is 30.0. The predicted octanol–water partition coefficient (Wildman–Crippen LogP) is 2.41. The van der Waals surface area contributed by atoms with E-state index in [-0.39, 0.29) is 0 Å². The highest BCUT2D eigenvalue weighted by atomic mass is 16.4. The fraction of sp³-hybridized carbons (Fsp3) is 0.438. The molecule has 2 aromatic rings. The maximum absolute atomic E-state index is 11.3. The van der Waals surface area contributed by atoms with E-state index in [4.69, 9.17) is 5.26 Å². The van der Waals surface area contributed by atoms with E-state index in [0.717, 1.165) is 36.7 Å². The van der Waals surface area contributed by atoms with Gasteiger partial charge in [0, 0.05) is 11.9 Å². The summed E-state index contributed by atoms with van der Waals surface area (Å²) in [6.45, 7) is 0.773. The molecule has 21 heavy (non-hydrogen) atoms. The van der Waals surface area contributed by atoms with Gasteiger partial charge in [-0.05, 0) is 49.3 Å². The molecule has 3 aliphatic rings. The second kappa shape index (κ2) is 4.08. The van der Waals surface area contributed by atoms with Crippen LogP contribution in [-0.4, -0.2) is 20.9 Å². The van der Waals surface area contributed by atoms with Crippen LogP contribution >= 0.6 is 0 Å². The maximum Gasteiger partial charge on any atom is 0.309 e. The van der Waals surface area contributed by atoms with Crippen molar-refractivity contribution in [2.24, 2.45) is 17.3 Å². The average Bonchev–Trinajstić information content (AvgIpc) is 3.09. The molecule has 0 aliphatic heterocycles. The van der Waals surface area contributed by atoms with Gasteiger partial charge in [-0.2, -0.15) is 10.4 Å². The highest BCUT2D eigenvalue weighted by Crippen LogP contribution is 2.62. The minimum atomic E-state index is -0.634. The van der Waals surface area contributed by atoms with Crippen molar-refractivity contribution in [2.75, 3.05) is 0 Å². The van der Waals surface area contributed by atoms with Gasteiger partial charge < -0.3 is 5.11 Å². The third kappa shape index (κ3) is 1.69. The van der Waals surface area contributed by atoms with Gasteiger partial charge in [-0.25, -0.2) is 0 Å². The molecule has 5 heteroatoms. The number of hydrogen-bond donors (Lipinski definition) is 1. The van der Waals surface area contributed by atoms with Crippen molar-refractivity contribution in [1.29, 1.82) is 5.26 Å². The molecule has 1 atom stereocenters. The first-order valence-corrected chi connectivity index (χ1v) is 7.20. The predicted molar refractivity (Wildman–Crippen MR) is 75.3 cm³/mol. The van der Waals surface area contributed by atoms with Gasteiger partial charge in [-0.15, -0.1) is 0 Å². The summed E-state index contributed by atoms with van der Waals surface area (Å²) in [4.78, 5) is 11.3. The van der Waals surface area contributed by atoms with Crippen LogP contribution in [0.5, 0.6) is 0 Å². The van der Waals surface area contributed by atoms with E-state index in [1.54, 1.807) is 12.3 Å². The van der Waals surface area contributed by atoms with Gasteiger partial charge >= 0.3 is 5.97 Å². The lowest BCUT2D eigenvalue weighted by Gasteiger charge is -2.34. The van der Waals surface area contributed by atoms with Crippen LogP contribution < -0.4 is 0 Å². The summed E-state index contributed by atoms with van der Waals surface area (Å²) in [6.07, 6.45) is 4.20. The van der Waals surface area contributed by atoms with E-state index >= 15 is 0 Å². The number of benzene rings is 1. The van der Waals surface area contributed by atoms with Crippen molar-refractivity contribution in [3.05, 3.63) is 30.0 Å². The smallest absolute Gasteiger partial charge is 0.309 e. The summed E-state index contributed by atoms with van der Waals surface area (Å²) in [7, 11) is 0. The lowest BCUT2D eigenvalue weighted by Crippen LogP contribution is -2.36. The Morgan fingerprint density at radius 1 is 1.48 bits per heavy atom. The first kappa shape index (κ1) is 12.4. The highest BCUT2D eigenvalue weighted by Gasteiger charge is 2.60. The van der Waals surface area contributed by atoms with Crippen LogP contribution in [0.2, 0.25) is 0 Å². The number of aliphatic carboxylic acids is 1. The number of aromatic nitrogens is 2. The molecule has 5 nitrogen and oxygen atoms in total. The van der Waals surface area contributed by atoms with Gasteiger partial charge in [-0.3, -0.25) is 9.48 Å². The maximum atomic E-state index is 11.3. The molecule has 0 spiro atoms. The first-order valence-electron chi connectivity index (χ1n) is 7.20. The van der Waals surface area contributed by atoms with Gasteiger partial charge in [0.05, 0.1) is 28.8 Å². The van der Waals surface area contributed by atoms with Gasteiger partial charge in [0.2, 0.25) is 0 Å². The second-order valence-electron chi connectivity index (χ2n) is 6.43. The first-order chi connectivity index (χ1) is 10.1. The van der Waals surface area contributed by atoms with E-state index in [2.05, 4.69) is 11.2 Å². The SMILES string of the molecule is N#Cc1ccc2c(cnn2C[C@@H]2CC3(C(=O)O)CC2C3)c1. The average molecular weight is 281 g/mol. The number of carboxylic acid groups (broad SMARTS) is 1. The zero-order chi connectivity index (χ0) is 14.6. The van der Waals surface area contributed by atoms with E-state index in [0.29, 0.717) is 17.4 Å². The molecule has 106 valence electrons. The molecule has 2 bridgehead atoms. The number of fused-ring (bicyclic) bond motifs is 2. The lowest BCUT2D eigenvalue weighted by atomic mass is 9.69. The third-order valence-electron chi connectivity index (χ3n) is 5.26. The van der Waals surface area contributed by atoms with Gasteiger partial charge in [0.15, 0.2) is 0 Å². The van der Waals surface area contributed by atoms with Crippen LogP contribution in [0.3, 0.4) is 0 Å². The van der Waals surface area contributed by atoms with Gasteiger partial charge in [-0.1, -0.05) is 0 Å². The highest BCUT2D eigenvalue weighted by molar-refractivity contribution is 5.80. The number of hydrogen-bond acceptors (Lipinski definition) is 3. The zero-order valence-corrected chi connectivity index (χ0v) is 11.5. The molecule has 0 saturated heterocycles. The monoisotopic (exact) mass is 281 g/mol. The molecule has 0 radical (unpaired) electrons. The Bertz CT molecular complexity index is 780. The molecule has 1 N–H and O–H groups in total. The van der Waals surface area contributed by atoms with Gasteiger partial charge in [0.25, 0.3) is 0 Å². The largest absolute Gasteiger partial charge is 0.481 e. The molecule has 1 aromatic carbocycles. The van der Waals surface area contributed by atoms with Crippen molar-refractivity contribution in [3.63, 3.8) is 0 Å². The third-order valence-corrected chi connectivity index (χ3v) is 5.26. The molecular weight excluding hydrogens is 266 g/mol. The van der Waals surface area contributed by atoms with E-state index in [1.165, 1.54) is 0 Å². The van der Waals surface area contributed by atoms with E-state index in [1.807, 2.05) is 16.8 Å². The van der Waals surface area contributed by atoms with Crippen LogP contribution in [0.1, 0.15) is 24.8 Å². The van der Waals surface area contributed by atoms with Crippen LogP contribution in [0.4, 0.5) is 0 Å². The Labute approximate surface area is 121 Å². The van der Waals surface area contributed by atoms with Gasteiger partial charge in [0.1, 0.15) is 0 Å².